The molecule has 1 aromatic heterocycles. The average molecular weight is 272 g/mol. The van der Waals surface area contributed by atoms with E-state index >= 15 is 0 Å². The van der Waals surface area contributed by atoms with Crippen LogP contribution in [0.25, 0.3) is 11.3 Å². The highest BCUT2D eigenvalue weighted by atomic mass is 127. The third-order valence-corrected chi connectivity index (χ3v) is 1.58. The van der Waals surface area contributed by atoms with Crippen molar-refractivity contribution in [3.8, 4) is 11.3 Å². The molecule has 0 radical (unpaired) electrons. The lowest BCUT2D eigenvalue weighted by Crippen LogP contribution is -1.73. The minimum absolute atomic E-state index is 0. The zero-order valence-electron chi connectivity index (χ0n) is 6.40. The second kappa shape index (κ2) is 4.25. The first-order valence-electron chi connectivity index (χ1n) is 3.50. The van der Waals surface area contributed by atoms with Crippen molar-refractivity contribution >= 4 is 24.0 Å². The SMILES string of the molecule is I.c1ccc(-c2cnc[nH]2)cc1. The number of nitrogens with zero attached hydrogens (tertiary/aromatic N) is 1. The van der Waals surface area contributed by atoms with Crippen LogP contribution in [0.2, 0.25) is 0 Å². The molecule has 1 aromatic carbocycles. The van der Waals surface area contributed by atoms with E-state index in [0.29, 0.717) is 0 Å². The Labute approximate surface area is 88.1 Å². The molecule has 0 aliphatic carbocycles. The Balaban J connectivity index is 0.000000720. The van der Waals surface area contributed by atoms with Gasteiger partial charge in [0.1, 0.15) is 0 Å². The molecule has 12 heavy (non-hydrogen) atoms. The van der Waals surface area contributed by atoms with Gasteiger partial charge in [0, 0.05) is 0 Å². The highest BCUT2D eigenvalue weighted by Gasteiger charge is 1.94. The monoisotopic (exact) mass is 272 g/mol. The Morgan fingerprint density at radius 3 is 2.42 bits per heavy atom. The van der Waals surface area contributed by atoms with Crippen molar-refractivity contribution < 1.29 is 0 Å². The van der Waals surface area contributed by atoms with E-state index in [2.05, 4.69) is 9.97 Å². The topological polar surface area (TPSA) is 28.7 Å². The third kappa shape index (κ3) is 1.85. The maximum Gasteiger partial charge on any atom is 0.0924 e. The molecule has 62 valence electrons. The second-order valence-corrected chi connectivity index (χ2v) is 2.33. The van der Waals surface area contributed by atoms with E-state index in [1.54, 1.807) is 6.33 Å². The maximum absolute atomic E-state index is 3.94. The number of aromatic nitrogens is 2. The third-order valence-electron chi connectivity index (χ3n) is 1.58. The molecule has 0 atom stereocenters. The molecule has 1 heterocycles. The molecule has 0 aliphatic heterocycles. The average Bonchev–Trinajstić information content (AvgIpc) is 2.58. The van der Waals surface area contributed by atoms with Gasteiger partial charge in [0.15, 0.2) is 0 Å². The molecule has 0 amide bonds. The highest BCUT2D eigenvalue weighted by molar-refractivity contribution is 14.0. The molecule has 1 N–H and O–H groups in total. The van der Waals surface area contributed by atoms with Gasteiger partial charge in [0.2, 0.25) is 0 Å². The van der Waals surface area contributed by atoms with E-state index in [1.165, 1.54) is 5.56 Å². The predicted molar refractivity (Wildman–Crippen MR) is 59.4 cm³/mol. The summed E-state index contributed by atoms with van der Waals surface area (Å²) in [6.45, 7) is 0. The van der Waals surface area contributed by atoms with Crippen LogP contribution in [0.1, 0.15) is 0 Å². The Morgan fingerprint density at radius 1 is 1.08 bits per heavy atom. The van der Waals surface area contributed by atoms with E-state index in [1.807, 2.05) is 36.5 Å². The molecule has 3 heteroatoms. The minimum atomic E-state index is 0. The molecule has 2 aromatic rings. The summed E-state index contributed by atoms with van der Waals surface area (Å²) in [5, 5.41) is 0. The lowest BCUT2D eigenvalue weighted by Gasteiger charge is -1.93. The molecule has 0 aliphatic rings. The van der Waals surface area contributed by atoms with Crippen LogP contribution in [-0.2, 0) is 0 Å². The Hall–Kier alpha value is -0.840. The van der Waals surface area contributed by atoms with Crippen molar-refractivity contribution in [1.29, 1.82) is 0 Å². The Morgan fingerprint density at radius 2 is 1.83 bits per heavy atom. The van der Waals surface area contributed by atoms with Crippen LogP contribution >= 0.6 is 24.0 Å². The number of imidazole rings is 1. The molecule has 0 bridgehead atoms. The van der Waals surface area contributed by atoms with Gasteiger partial charge in [-0.2, -0.15) is 0 Å². The molecule has 0 unspecified atom stereocenters. The number of halogens is 1. The highest BCUT2D eigenvalue weighted by Crippen LogP contribution is 2.13. The van der Waals surface area contributed by atoms with Gasteiger partial charge in [0.25, 0.3) is 0 Å². The van der Waals surface area contributed by atoms with Crippen molar-refractivity contribution in [3.63, 3.8) is 0 Å². The van der Waals surface area contributed by atoms with E-state index in [-0.39, 0.29) is 24.0 Å². The van der Waals surface area contributed by atoms with Crippen LogP contribution < -0.4 is 0 Å². The normalized spacial score (nSPS) is 9.00. The van der Waals surface area contributed by atoms with Gasteiger partial charge in [-0.25, -0.2) is 4.98 Å². The summed E-state index contributed by atoms with van der Waals surface area (Å²) < 4.78 is 0. The van der Waals surface area contributed by atoms with Crippen LogP contribution in [-0.4, -0.2) is 9.97 Å². The summed E-state index contributed by atoms with van der Waals surface area (Å²) >= 11 is 0. The fraction of sp³-hybridized carbons (Fsp3) is 0. The fourth-order valence-electron chi connectivity index (χ4n) is 1.03. The molecule has 2 nitrogen and oxygen atoms in total. The van der Waals surface area contributed by atoms with E-state index < -0.39 is 0 Å². The zero-order chi connectivity index (χ0) is 7.52. The van der Waals surface area contributed by atoms with E-state index in [0.717, 1.165) is 5.69 Å². The first kappa shape index (κ1) is 9.25. The van der Waals surface area contributed by atoms with Crippen molar-refractivity contribution in [1.82, 2.24) is 9.97 Å². The van der Waals surface area contributed by atoms with Gasteiger partial charge < -0.3 is 4.98 Å². The van der Waals surface area contributed by atoms with Gasteiger partial charge >= 0.3 is 0 Å². The van der Waals surface area contributed by atoms with Crippen LogP contribution in [0.3, 0.4) is 0 Å². The van der Waals surface area contributed by atoms with Crippen molar-refractivity contribution in [2.75, 3.05) is 0 Å². The lowest BCUT2D eigenvalue weighted by molar-refractivity contribution is 1.31. The van der Waals surface area contributed by atoms with Crippen molar-refractivity contribution in [2.45, 2.75) is 0 Å². The number of H-pyrrole nitrogens is 1. The van der Waals surface area contributed by atoms with Gasteiger partial charge in [-0.15, -0.1) is 24.0 Å². The summed E-state index contributed by atoms with van der Waals surface area (Å²) in [4.78, 5) is 6.99. The summed E-state index contributed by atoms with van der Waals surface area (Å²) in [7, 11) is 0. The summed E-state index contributed by atoms with van der Waals surface area (Å²) in [5.41, 5.74) is 2.23. The number of aromatic amines is 1. The molecule has 2 rings (SSSR count). The molecular formula is C9H9IN2. The minimum Gasteiger partial charge on any atom is -0.345 e. The summed E-state index contributed by atoms with van der Waals surface area (Å²) in [5.74, 6) is 0. The number of benzene rings is 1. The van der Waals surface area contributed by atoms with Crippen molar-refractivity contribution in [3.05, 3.63) is 42.9 Å². The fourth-order valence-corrected chi connectivity index (χ4v) is 1.03. The lowest BCUT2D eigenvalue weighted by atomic mass is 10.2. The zero-order valence-corrected chi connectivity index (χ0v) is 8.73. The number of rotatable bonds is 1. The van der Waals surface area contributed by atoms with Crippen LogP contribution in [0.5, 0.6) is 0 Å². The predicted octanol–water partition coefficient (Wildman–Crippen LogP) is 2.69. The van der Waals surface area contributed by atoms with E-state index in [9.17, 15) is 0 Å². The standard InChI is InChI=1S/C9H8N2.HI/c1-2-4-8(5-3-1)9-6-10-7-11-9;/h1-7H,(H,10,11);1H. The molecule has 0 saturated carbocycles. The van der Waals surface area contributed by atoms with Gasteiger partial charge in [-0.05, 0) is 5.56 Å². The van der Waals surface area contributed by atoms with Crippen LogP contribution in [0, 0.1) is 0 Å². The van der Waals surface area contributed by atoms with Gasteiger partial charge in [0.05, 0.1) is 18.2 Å². The number of hydrogen-bond donors (Lipinski definition) is 1. The Kier molecular flexibility index (Phi) is 3.28. The van der Waals surface area contributed by atoms with Gasteiger partial charge in [-0.3, -0.25) is 0 Å². The molecular weight excluding hydrogens is 263 g/mol. The first-order valence-corrected chi connectivity index (χ1v) is 3.50. The smallest absolute Gasteiger partial charge is 0.0924 e. The Bertz CT molecular complexity index is 316. The maximum atomic E-state index is 3.94. The molecule has 0 fully saturated rings. The molecule has 0 saturated heterocycles. The summed E-state index contributed by atoms with van der Waals surface area (Å²) in [6.07, 6.45) is 3.50. The first-order chi connectivity index (χ1) is 5.47. The van der Waals surface area contributed by atoms with Crippen LogP contribution in [0.15, 0.2) is 42.9 Å². The summed E-state index contributed by atoms with van der Waals surface area (Å²) in [6, 6.07) is 10.1. The molecule has 0 spiro atoms. The second-order valence-electron chi connectivity index (χ2n) is 2.33. The largest absolute Gasteiger partial charge is 0.345 e. The number of nitrogens with one attached hydrogen (secondary N) is 1. The van der Waals surface area contributed by atoms with E-state index in [4.69, 9.17) is 0 Å². The quantitative estimate of drug-likeness (QED) is 0.794. The van der Waals surface area contributed by atoms with Crippen molar-refractivity contribution in [2.24, 2.45) is 0 Å². The van der Waals surface area contributed by atoms with Crippen LogP contribution in [0.4, 0.5) is 0 Å². The number of hydrogen-bond acceptors (Lipinski definition) is 1. The van der Waals surface area contributed by atoms with Gasteiger partial charge in [-0.1, -0.05) is 30.3 Å².